The van der Waals surface area contributed by atoms with Crippen molar-refractivity contribution in [2.75, 3.05) is 46.0 Å². The number of rotatable bonds is 9. The monoisotopic (exact) mass is 414 g/mol. The minimum Gasteiger partial charge on any atom is -0.490 e. The predicted octanol–water partition coefficient (Wildman–Crippen LogP) is 2.73. The average Bonchev–Trinajstić information content (AvgIpc) is 2.71. The number of benzene rings is 1. The third-order valence-electron chi connectivity index (χ3n) is 4.24. The van der Waals surface area contributed by atoms with E-state index >= 15 is 0 Å². The van der Waals surface area contributed by atoms with E-state index in [0.29, 0.717) is 44.4 Å². The molecule has 0 saturated carbocycles. The lowest BCUT2D eigenvalue weighted by molar-refractivity contribution is 0.0934. The molecule has 1 aliphatic rings. The molecule has 1 aromatic rings. The van der Waals surface area contributed by atoms with E-state index in [1.807, 2.05) is 13.8 Å². The highest BCUT2D eigenvalue weighted by Crippen LogP contribution is 2.32. The normalized spacial score (nSPS) is 15.3. The molecule has 158 valence electrons. The Kier molecular flexibility index (Phi) is 8.37. The summed E-state index contributed by atoms with van der Waals surface area (Å²) in [6, 6.07) is 4.70. The molecule has 0 aromatic heterocycles. The van der Waals surface area contributed by atoms with Crippen LogP contribution in [0.4, 0.5) is 4.79 Å². The van der Waals surface area contributed by atoms with Crippen LogP contribution in [-0.4, -0.2) is 69.7 Å². The molecule has 0 spiro atoms. The molecular formula is C19H30N2O6S. The summed E-state index contributed by atoms with van der Waals surface area (Å²) in [5, 5.41) is 0. The Morgan fingerprint density at radius 1 is 0.964 bits per heavy atom. The van der Waals surface area contributed by atoms with Gasteiger partial charge in [-0.1, -0.05) is 13.8 Å². The van der Waals surface area contributed by atoms with E-state index in [1.165, 1.54) is 21.3 Å². The maximum Gasteiger partial charge on any atom is 0.409 e. The van der Waals surface area contributed by atoms with E-state index in [4.69, 9.17) is 14.2 Å². The summed E-state index contributed by atoms with van der Waals surface area (Å²) >= 11 is 0. The second-order valence-corrected chi connectivity index (χ2v) is 8.33. The van der Waals surface area contributed by atoms with Crippen LogP contribution in [0.25, 0.3) is 0 Å². The second kappa shape index (κ2) is 10.5. The summed E-state index contributed by atoms with van der Waals surface area (Å²) in [7, 11) is -3.69. The van der Waals surface area contributed by atoms with Crippen LogP contribution in [0.3, 0.4) is 0 Å². The first-order chi connectivity index (χ1) is 13.4. The van der Waals surface area contributed by atoms with Gasteiger partial charge in [-0.2, -0.15) is 4.31 Å². The van der Waals surface area contributed by atoms with Crippen LogP contribution >= 0.6 is 0 Å². The van der Waals surface area contributed by atoms with Gasteiger partial charge in [-0.15, -0.1) is 0 Å². The van der Waals surface area contributed by atoms with Crippen molar-refractivity contribution in [3.05, 3.63) is 18.2 Å². The number of sulfonamides is 1. The summed E-state index contributed by atoms with van der Waals surface area (Å²) in [5.41, 5.74) is 0. The fraction of sp³-hybridized carbons (Fsp3) is 0.632. The standard InChI is InChI=1S/C19H30N2O6S/c1-4-13-26-17-8-7-16(15-18(17)27-14-5-2)28(23,24)21-11-9-20(10-12-21)19(22)25-6-3/h7-8,15H,4-6,9-14H2,1-3H3. The van der Waals surface area contributed by atoms with Crippen molar-refractivity contribution in [1.29, 1.82) is 0 Å². The van der Waals surface area contributed by atoms with Crippen molar-refractivity contribution in [1.82, 2.24) is 9.21 Å². The minimum absolute atomic E-state index is 0.159. The molecule has 1 aromatic carbocycles. The molecule has 0 N–H and O–H groups in total. The van der Waals surface area contributed by atoms with Crippen LogP contribution in [-0.2, 0) is 14.8 Å². The first kappa shape index (κ1) is 22.3. The molecule has 1 heterocycles. The van der Waals surface area contributed by atoms with Crippen LogP contribution < -0.4 is 9.47 Å². The number of carbonyl (C=O) groups is 1. The smallest absolute Gasteiger partial charge is 0.409 e. The quantitative estimate of drug-likeness (QED) is 0.618. The molecule has 1 fully saturated rings. The molecule has 0 radical (unpaired) electrons. The van der Waals surface area contributed by atoms with Crippen molar-refractivity contribution in [2.24, 2.45) is 0 Å². The van der Waals surface area contributed by atoms with Crippen LogP contribution in [0.5, 0.6) is 11.5 Å². The Balaban J connectivity index is 2.15. The van der Waals surface area contributed by atoms with E-state index in [9.17, 15) is 13.2 Å². The zero-order valence-corrected chi connectivity index (χ0v) is 17.7. The lowest BCUT2D eigenvalue weighted by atomic mass is 10.3. The van der Waals surface area contributed by atoms with Gasteiger partial charge in [-0.25, -0.2) is 13.2 Å². The van der Waals surface area contributed by atoms with Crippen molar-refractivity contribution in [3.8, 4) is 11.5 Å². The summed E-state index contributed by atoms with van der Waals surface area (Å²) in [4.78, 5) is 13.5. The van der Waals surface area contributed by atoms with Gasteiger partial charge in [0.1, 0.15) is 0 Å². The molecule has 1 aliphatic heterocycles. The van der Waals surface area contributed by atoms with Gasteiger partial charge in [0.15, 0.2) is 11.5 Å². The van der Waals surface area contributed by atoms with Gasteiger partial charge in [-0.3, -0.25) is 0 Å². The maximum atomic E-state index is 13.0. The highest BCUT2D eigenvalue weighted by atomic mass is 32.2. The van der Waals surface area contributed by atoms with Crippen LogP contribution in [0, 0.1) is 0 Å². The molecule has 1 amide bonds. The molecule has 8 nitrogen and oxygen atoms in total. The maximum absolute atomic E-state index is 13.0. The van der Waals surface area contributed by atoms with E-state index in [2.05, 4.69) is 0 Å². The number of ether oxygens (including phenoxy) is 3. The van der Waals surface area contributed by atoms with E-state index in [-0.39, 0.29) is 18.0 Å². The summed E-state index contributed by atoms with van der Waals surface area (Å²) in [6.07, 6.45) is 1.24. The number of amides is 1. The molecular weight excluding hydrogens is 384 g/mol. The Labute approximate surface area is 167 Å². The third-order valence-corrected chi connectivity index (χ3v) is 6.14. The first-order valence-corrected chi connectivity index (χ1v) is 11.2. The third kappa shape index (κ3) is 5.51. The number of nitrogens with zero attached hydrogens (tertiary/aromatic N) is 2. The Bertz CT molecular complexity index is 745. The van der Waals surface area contributed by atoms with Crippen LogP contribution in [0.1, 0.15) is 33.6 Å². The molecule has 0 aliphatic carbocycles. The number of piperazine rings is 1. The lowest BCUT2D eigenvalue weighted by Gasteiger charge is -2.33. The van der Waals surface area contributed by atoms with Gasteiger partial charge in [0, 0.05) is 32.2 Å². The SMILES string of the molecule is CCCOc1ccc(S(=O)(=O)N2CCN(C(=O)OCC)CC2)cc1OCCC. The highest BCUT2D eigenvalue weighted by Gasteiger charge is 2.31. The molecule has 9 heteroatoms. The molecule has 1 saturated heterocycles. The van der Waals surface area contributed by atoms with Crippen molar-refractivity contribution >= 4 is 16.1 Å². The summed E-state index contributed by atoms with van der Waals surface area (Å²) in [5.74, 6) is 0.975. The number of hydrogen-bond donors (Lipinski definition) is 0. The molecule has 28 heavy (non-hydrogen) atoms. The van der Waals surface area contributed by atoms with E-state index < -0.39 is 16.1 Å². The average molecular weight is 415 g/mol. The van der Waals surface area contributed by atoms with Crippen molar-refractivity contribution < 1.29 is 27.4 Å². The van der Waals surface area contributed by atoms with Gasteiger partial charge in [0.05, 0.1) is 24.7 Å². The minimum atomic E-state index is -3.69. The van der Waals surface area contributed by atoms with Gasteiger partial charge in [-0.05, 0) is 31.9 Å². The number of hydrogen-bond acceptors (Lipinski definition) is 6. The van der Waals surface area contributed by atoms with E-state index in [1.54, 1.807) is 13.0 Å². The van der Waals surface area contributed by atoms with Gasteiger partial charge in [0.2, 0.25) is 10.0 Å². The number of carbonyl (C=O) groups excluding carboxylic acids is 1. The highest BCUT2D eigenvalue weighted by molar-refractivity contribution is 7.89. The van der Waals surface area contributed by atoms with Crippen LogP contribution in [0.2, 0.25) is 0 Å². The largest absolute Gasteiger partial charge is 0.490 e. The van der Waals surface area contributed by atoms with Crippen molar-refractivity contribution in [3.63, 3.8) is 0 Å². The fourth-order valence-corrected chi connectivity index (χ4v) is 4.22. The predicted molar refractivity (Wildman–Crippen MR) is 105 cm³/mol. The Morgan fingerprint density at radius 2 is 1.57 bits per heavy atom. The Hall–Kier alpha value is -2.00. The lowest BCUT2D eigenvalue weighted by Crippen LogP contribution is -2.50. The first-order valence-electron chi connectivity index (χ1n) is 9.75. The fourth-order valence-electron chi connectivity index (χ4n) is 2.78. The summed E-state index contributed by atoms with van der Waals surface area (Å²) in [6.45, 7) is 8.08. The summed E-state index contributed by atoms with van der Waals surface area (Å²) < 4.78 is 43.8. The van der Waals surface area contributed by atoms with Gasteiger partial charge >= 0.3 is 6.09 Å². The zero-order chi connectivity index (χ0) is 20.6. The zero-order valence-electron chi connectivity index (χ0n) is 16.8. The van der Waals surface area contributed by atoms with Gasteiger partial charge in [0.25, 0.3) is 0 Å². The van der Waals surface area contributed by atoms with E-state index in [0.717, 1.165) is 12.8 Å². The molecule has 0 bridgehead atoms. The Morgan fingerprint density at radius 3 is 2.14 bits per heavy atom. The topological polar surface area (TPSA) is 85.4 Å². The van der Waals surface area contributed by atoms with Crippen molar-refractivity contribution in [2.45, 2.75) is 38.5 Å². The second-order valence-electron chi connectivity index (χ2n) is 6.40. The molecule has 0 unspecified atom stereocenters. The van der Waals surface area contributed by atoms with Gasteiger partial charge < -0.3 is 19.1 Å². The molecule has 0 atom stereocenters. The van der Waals surface area contributed by atoms with Crippen LogP contribution in [0.15, 0.2) is 23.1 Å². The molecule has 2 rings (SSSR count).